The number of fused-ring (bicyclic) bond motifs is 1. The van der Waals surface area contributed by atoms with Crippen molar-refractivity contribution in [1.82, 2.24) is 23.7 Å². The molecule has 3 N–H and O–H groups in total. The van der Waals surface area contributed by atoms with E-state index in [-0.39, 0.29) is 11.8 Å². The minimum Gasteiger partial charge on any atom is -0.382 e. The lowest BCUT2D eigenvalue weighted by Crippen LogP contribution is -2.38. The first kappa shape index (κ1) is 22.9. The number of nitrogens with two attached hydrogens (primary N) is 1. The van der Waals surface area contributed by atoms with E-state index < -0.39 is 10.0 Å². The van der Waals surface area contributed by atoms with Gasteiger partial charge in [0, 0.05) is 48.7 Å². The maximum Gasteiger partial charge on any atom is 0.256 e. The van der Waals surface area contributed by atoms with Crippen molar-refractivity contribution in [2.24, 2.45) is 0 Å². The number of rotatable bonds is 5. The van der Waals surface area contributed by atoms with Crippen molar-refractivity contribution in [1.29, 1.82) is 0 Å². The van der Waals surface area contributed by atoms with Crippen LogP contribution in [-0.4, -0.2) is 57.3 Å². The van der Waals surface area contributed by atoms with Crippen LogP contribution in [0.4, 0.5) is 11.6 Å². The van der Waals surface area contributed by atoms with Gasteiger partial charge < -0.3 is 11.1 Å². The topological polar surface area (TPSA) is 136 Å². The number of carbonyl (C=O) groups excluding carboxylic acids is 1. The molecular weight excluding hydrogens is 466 g/mol. The van der Waals surface area contributed by atoms with Crippen molar-refractivity contribution in [3.63, 3.8) is 0 Å². The van der Waals surface area contributed by atoms with Crippen LogP contribution in [0.3, 0.4) is 0 Å². The highest BCUT2D eigenvalue weighted by molar-refractivity contribution is 7.88. The van der Waals surface area contributed by atoms with Gasteiger partial charge in [-0.05, 0) is 37.1 Å². The number of hydrogen-bond acceptors (Lipinski definition) is 7. The second-order valence-electron chi connectivity index (χ2n) is 8.56. The number of piperidine rings is 1. The minimum absolute atomic E-state index is 0.0788. The molecule has 5 rings (SSSR count). The quantitative estimate of drug-likeness (QED) is 0.438. The summed E-state index contributed by atoms with van der Waals surface area (Å²) in [7, 11) is -3.29. The predicted octanol–water partition coefficient (Wildman–Crippen LogP) is 2.76. The monoisotopic (exact) mass is 491 g/mol. The Morgan fingerprint density at radius 1 is 1.11 bits per heavy atom. The van der Waals surface area contributed by atoms with E-state index in [2.05, 4.69) is 15.3 Å². The Bertz CT molecular complexity index is 1490. The van der Waals surface area contributed by atoms with Crippen molar-refractivity contribution in [2.45, 2.75) is 18.8 Å². The summed E-state index contributed by atoms with van der Waals surface area (Å²) < 4.78 is 27.7. The number of hydrogen-bond donors (Lipinski definition) is 2. The Morgan fingerprint density at radius 2 is 1.91 bits per heavy atom. The van der Waals surface area contributed by atoms with Crippen LogP contribution in [0.1, 0.15) is 34.9 Å². The highest BCUT2D eigenvalue weighted by atomic mass is 32.2. The second-order valence-corrected chi connectivity index (χ2v) is 10.5. The molecule has 0 aliphatic carbocycles. The van der Waals surface area contributed by atoms with E-state index in [1.165, 1.54) is 10.6 Å². The lowest BCUT2D eigenvalue weighted by atomic mass is 9.99. The smallest absolute Gasteiger partial charge is 0.256 e. The number of nitrogen functional groups attached to an aromatic ring is 1. The van der Waals surface area contributed by atoms with Crippen molar-refractivity contribution >= 4 is 33.1 Å². The van der Waals surface area contributed by atoms with Crippen LogP contribution < -0.4 is 11.1 Å². The first-order chi connectivity index (χ1) is 16.8. The molecule has 0 radical (unpaired) electrons. The number of nitrogens with zero attached hydrogens (tertiary/aromatic N) is 5. The molecule has 180 valence electrons. The standard InChI is InChI=1S/C24H25N7O3S/c1-35(33,34)30-13-4-5-18(15-30)23-29-20(21-22(25)27-12-14-31(21)23)16-7-9-17(10-8-16)24(32)28-19-6-2-3-11-26-19/h2-3,6-12,14,18H,4-5,13,15H2,1H3,(H2,25,27)(H,26,28,32). The van der Waals surface area contributed by atoms with E-state index in [0.29, 0.717) is 41.5 Å². The predicted molar refractivity (Wildman–Crippen MR) is 133 cm³/mol. The van der Waals surface area contributed by atoms with Gasteiger partial charge in [-0.1, -0.05) is 18.2 Å². The third-order valence-electron chi connectivity index (χ3n) is 6.16. The molecule has 3 aromatic heterocycles. The van der Waals surface area contributed by atoms with Gasteiger partial charge in [-0.2, -0.15) is 0 Å². The summed E-state index contributed by atoms with van der Waals surface area (Å²) in [5.74, 6) is 1.20. The van der Waals surface area contributed by atoms with Crippen molar-refractivity contribution in [2.75, 3.05) is 30.4 Å². The molecule has 1 aliphatic heterocycles. The van der Waals surface area contributed by atoms with Crippen molar-refractivity contribution in [3.05, 3.63) is 72.4 Å². The molecule has 1 unspecified atom stereocenters. The summed E-state index contributed by atoms with van der Waals surface area (Å²) in [6, 6.07) is 12.4. The van der Waals surface area contributed by atoms with Crippen molar-refractivity contribution in [3.8, 4) is 11.3 Å². The van der Waals surface area contributed by atoms with E-state index >= 15 is 0 Å². The summed E-state index contributed by atoms with van der Waals surface area (Å²) in [5, 5.41) is 2.77. The summed E-state index contributed by atoms with van der Waals surface area (Å²) in [5.41, 5.74) is 8.80. The molecule has 11 heteroatoms. The van der Waals surface area contributed by atoms with Gasteiger partial charge in [-0.15, -0.1) is 0 Å². The van der Waals surface area contributed by atoms with Gasteiger partial charge in [0.05, 0.1) is 6.26 Å². The molecule has 1 saturated heterocycles. The average molecular weight is 492 g/mol. The molecular formula is C24H25N7O3S. The van der Waals surface area contributed by atoms with E-state index in [1.807, 2.05) is 16.5 Å². The van der Waals surface area contributed by atoms with E-state index in [9.17, 15) is 13.2 Å². The molecule has 1 atom stereocenters. The van der Waals surface area contributed by atoms with E-state index in [4.69, 9.17) is 10.7 Å². The van der Waals surface area contributed by atoms with Gasteiger partial charge in [0.2, 0.25) is 10.0 Å². The number of carbonyl (C=O) groups is 1. The number of benzene rings is 1. The highest BCUT2D eigenvalue weighted by Crippen LogP contribution is 2.34. The van der Waals surface area contributed by atoms with Crippen LogP contribution in [0.15, 0.2) is 61.1 Å². The Morgan fingerprint density at radius 3 is 2.63 bits per heavy atom. The van der Waals surface area contributed by atoms with E-state index in [0.717, 1.165) is 24.2 Å². The molecule has 0 bridgehead atoms. The van der Waals surface area contributed by atoms with Crippen molar-refractivity contribution < 1.29 is 13.2 Å². The van der Waals surface area contributed by atoms with Gasteiger partial charge in [0.15, 0.2) is 0 Å². The van der Waals surface area contributed by atoms with Crippen LogP contribution in [0, 0.1) is 0 Å². The number of imidazole rings is 1. The molecule has 0 spiro atoms. The Labute approximate surface area is 202 Å². The third-order valence-corrected chi connectivity index (χ3v) is 7.43. The van der Waals surface area contributed by atoms with Gasteiger partial charge in [0.25, 0.3) is 5.91 Å². The molecule has 35 heavy (non-hydrogen) atoms. The van der Waals surface area contributed by atoms with Gasteiger partial charge in [-0.3, -0.25) is 9.20 Å². The van der Waals surface area contributed by atoms with Crippen LogP contribution in [0.2, 0.25) is 0 Å². The molecule has 1 aliphatic rings. The summed E-state index contributed by atoms with van der Waals surface area (Å²) >= 11 is 0. The zero-order valence-electron chi connectivity index (χ0n) is 19.1. The Kier molecular flexibility index (Phi) is 5.95. The average Bonchev–Trinajstić information content (AvgIpc) is 3.25. The van der Waals surface area contributed by atoms with Crippen LogP contribution in [-0.2, 0) is 10.0 Å². The first-order valence-corrected chi connectivity index (χ1v) is 13.1. The normalized spacial score (nSPS) is 16.9. The Hall–Kier alpha value is -3.83. The molecule has 4 heterocycles. The molecule has 0 saturated carbocycles. The number of sulfonamides is 1. The summed E-state index contributed by atoms with van der Waals surface area (Å²) in [6.07, 6.45) is 7.82. The number of amides is 1. The number of anilines is 2. The summed E-state index contributed by atoms with van der Waals surface area (Å²) in [4.78, 5) is 25.9. The van der Waals surface area contributed by atoms with Crippen LogP contribution in [0.5, 0.6) is 0 Å². The molecule has 4 aromatic rings. The zero-order valence-corrected chi connectivity index (χ0v) is 19.9. The number of pyridine rings is 1. The third kappa shape index (κ3) is 4.60. The largest absolute Gasteiger partial charge is 0.382 e. The molecule has 1 fully saturated rings. The van der Waals surface area contributed by atoms with Crippen LogP contribution in [0.25, 0.3) is 16.8 Å². The SMILES string of the molecule is CS(=O)(=O)N1CCCC(c2nc(-c3ccc(C(=O)Nc4ccccn4)cc3)c3c(N)nccn23)C1. The zero-order chi connectivity index (χ0) is 24.6. The van der Waals surface area contributed by atoms with Gasteiger partial charge in [-0.25, -0.2) is 27.7 Å². The fourth-order valence-corrected chi connectivity index (χ4v) is 5.35. The van der Waals surface area contributed by atoms with Gasteiger partial charge >= 0.3 is 0 Å². The highest BCUT2D eigenvalue weighted by Gasteiger charge is 2.30. The number of aromatic nitrogens is 4. The lowest BCUT2D eigenvalue weighted by molar-refractivity contribution is 0.102. The fourth-order valence-electron chi connectivity index (χ4n) is 4.44. The fraction of sp³-hybridized carbons (Fsp3) is 0.250. The second kappa shape index (κ2) is 9.08. The maximum absolute atomic E-state index is 12.6. The maximum atomic E-state index is 12.6. The van der Waals surface area contributed by atoms with Gasteiger partial charge in [0.1, 0.15) is 28.7 Å². The van der Waals surface area contributed by atoms with Crippen LogP contribution >= 0.6 is 0 Å². The minimum atomic E-state index is -3.29. The lowest BCUT2D eigenvalue weighted by Gasteiger charge is -2.30. The van der Waals surface area contributed by atoms with E-state index in [1.54, 1.807) is 48.9 Å². The Balaban J connectivity index is 1.48. The summed E-state index contributed by atoms with van der Waals surface area (Å²) in [6.45, 7) is 0.878. The first-order valence-electron chi connectivity index (χ1n) is 11.2. The molecule has 1 amide bonds. The molecule has 10 nitrogen and oxygen atoms in total. The number of nitrogens with one attached hydrogen (secondary N) is 1. The molecule has 1 aromatic carbocycles.